The molecule has 2 aromatic carbocycles. The zero-order valence-corrected chi connectivity index (χ0v) is 20.6. The van der Waals surface area contributed by atoms with Crippen LogP contribution in [0.2, 0.25) is 0 Å². The molecule has 0 radical (unpaired) electrons. The van der Waals surface area contributed by atoms with Crippen LogP contribution in [-0.2, 0) is 9.59 Å². The highest BCUT2D eigenvalue weighted by Crippen LogP contribution is 2.43. The molecule has 4 rings (SSSR count). The first-order chi connectivity index (χ1) is 16.5. The van der Waals surface area contributed by atoms with Crippen molar-refractivity contribution < 1.29 is 14.0 Å². The summed E-state index contributed by atoms with van der Waals surface area (Å²) in [4.78, 5) is 30.5. The second-order valence-electron chi connectivity index (χ2n) is 8.89. The van der Waals surface area contributed by atoms with Crippen LogP contribution in [0.1, 0.15) is 31.7 Å². The number of thioether (sulfide) groups is 1. The first-order valence-corrected chi connectivity index (χ1v) is 12.8. The van der Waals surface area contributed by atoms with Crippen LogP contribution in [0.4, 0.5) is 10.1 Å². The number of fused-ring (bicyclic) bond motifs is 1. The Morgan fingerprint density at radius 2 is 1.91 bits per heavy atom. The molecule has 1 aliphatic carbocycles. The third kappa shape index (κ3) is 5.46. The van der Waals surface area contributed by atoms with Crippen molar-refractivity contribution in [3.05, 3.63) is 70.9 Å². The fourth-order valence-corrected chi connectivity index (χ4v) is 6.31. The Kier molecular flexibility index (Phi) is 7.93. The summed E-state index contributed by atoms with van der Waals surface area (Å²) in [5.74, 6) is -0.457. The lowest BCUT2D eigenvalue weighted by Crippen LogP contribution is -2.52. The highest BCUT2D eigenvalue weighted by atomic mass is 32.2. The molecule has 1 saturated carbocycles. The third-order valence-electron chi connectivity index (χ3n) is 6.81. The van der Waals surface area contributed by atoms with Crippen LogP contribution in [0.3, 0.4) is 0 Å². The van der Waals surface area contributed by atoms with Crippen LogP contribution < -0.4 is 10.2 Å². The van der Waals surface area contributed by atoms with Crippen molar-refractivity contribution in [3.63, 3.8) is 0 Å². The number of carbonyl (C=O) groups is 2. The lowest BCUT2D eigenvalue weighted by Gasteiger charge is -2.44. The molecule has 2 amide bonds. The second-order valence-corrected chi connectivity index (χ2v) is 10.2. The van der Waals surface area contributed by atoms with Gasteiger partial charge in [0.05, 0.1) is 4.91 Å². The number of halogens is 1. The molecule has 34 heavy (non-hydrogen) atoms. The molecular formula is C27H32FN3O2S. The monoisotopic (exact) mass is 481 g/mol. The van der Waals surface area contributed by atoms with Crippen molar-refractivity contribution >= 4 is 35.3 Å². The van der Waals surface area contributed by atoms with Gasteiger partial charge in [-0.05, 0) is 50.5 Å². The highest BCUT2D eigenvalue weighted by Gasteiger charge is 2.42. The van der Waals surface area contributed by atoms with Gasteiger partial charge in [-0.3, -0.25) is 9.59 Å². The van der Waals surface area contributed by atoms with Gasteiger partial charge in [0.2, 0.25) is 5.91 Å². The average Bonchev–Trinajstić information content (AvgIpc) is 2.86. The molecule has 1 N–H and O–H groups in total. The maximum absolute atomic E-state index is 14.1. The van der Waals surface area contributed by atoms with Crippen molar-refractivity contribution in [2.75, 3.05) is 31.6 Å². The molecular weight excluding hydrogens is 449 g/mol. The van der Waals surface area contributed by atoms with Crippen LogP contribution in [0, 0.1) is 11.7 Å². The Hall–Kier alpha value is -2.80. The molecule has 5 nitrogen and oxygen atoms in total. The van der Waals surface area contributed by atoms with Crippen LogP contribution in [0.5, 0.6) is 0 Å². The first kappa shape index (κ1) is 24.3. The van der Waals surface area contributed by atoms with E-state index in [-0.39, 0.29) is 34.8 Å². The van der Waals surface area contributed by atoms with Gasteiger partial charge in [-0.15, -0.1) is 11.8 Å². The zero-order chi connectivity index (χ0) is 24.1. The quantitative estimate of drug-likeness (QED) is 0.590. The Morgan fingerprint density at radius 3 is 2.65 bits per heavy atom. The maximum Gasteiger partial charge on any atom is 0.260 e. The van der Waals surface area contributed by atoms with Gasteiger partial charge in [0.1, 0.15) is 5.82 Å². The highest BCUT2D eigenvalue weighted by molar-refractivity contribution is 8.04. The summed E-state index contributed by atoms with van der Waals surface area (Å²) >= 11 is 1.53. The van der Waals surface area contributed by atoms with E-state index < -0.39 is 0 Å². The topological polar surface area (TPSA) is 52.7 Å². The minimum atomic E-state index is -0.331. The number of anilines is 1. The number of hydrogen-bond acceptors (Lipinski definition) is 4. The normalized spacial score (nSPS) is 23.5. The number of nitrogens with zero attached hydrogens (tertiary/aromatic N) is 2. The summed E-state index contributed by atoms with van der Waals surface area (Å²) in [7, 11) is 1.80. The fraction of sp³-hybridized carbons (Fsp3) is 0.407. The number of likely N-dealkylation sites (N-methyl/N-ethyl adjacent to an activating group) is 2. The largest absolute Gasteiger partial charge is 0.370 e. The second kappa shape index (κ2) is 11.1. The number of hydrogen-bond donors (Lipinski definition) is 1. The van der Waals surface area contributed by atoms with Gasteiger partial charge >= 0.3 is 0 Å². The average molecular weight is 482 g/mol. The number of amides is 2. The van der Waals surface area contributed by atoms with Gasteiger partial charge in [-0.2, -0.15) is 0 Å². The molecule has 1 heterocycles. The van der Waals surface area contributed by atoms with E-state index in [4.69, 9.17) is 0 Å². The minimum Gasteiger partial charge on any atom is -0.370 e. The van der Waals surface area contributed by atoms with Crippen LogP contribution in [0.15, 0.2) is 59.5 Å². The fourth-order valence-electron chi connectivity index (χ4n) is 4.84. The van der Waals surface area contributed by atoms with Crippen molar-refractivity contribution in [2.24, 2.45) is 5.92 Å². The van der Waals surface area contributed by atoms with E-state index in [0.29, 0.717) is 23.4 Å². The van der Waals surface area contributed by atoms with E-state index in [2.05, 4.69) is 29.3 Å². The van der Waals surface area contributed by atoms with E-state index in [1.165, 1.54) is 17.8 Å². The molecule has 0 aromatic heterocycles. The van der Waals surface area contributed by atoms with E-state index in [9.17, 15) is 14.0 Å². The van der Waals surface area contributed by atoms with E-state index in [1.54, 1.807) is 36.2 Å². The molecule has 2 aliphatic rings. The van der Waals surface area contributed by atoms with Gasteiger partial charge in [0.25, 0.3) is 5.91 Å². The third-order valence-corrected chi connectivity index (χ3v) is 8.21. The number of carbonyl (C=O) groups excluding carboxylic acids is 2. The maximum atomic E-state index is 14.1. The number of nitrogens with one attached hydrogen (secondary N) is 1. The van der Waals surface area contributed by atoms with Crippen LogP contribution >= 0.6 is 11.8 Å². The Labute approximate surface area is 205 Å². The lowest BCUT2D eigenvalue weighted by molar-refractivity contribution is -0.131. The summed E-state index contributed by atoms with van der Waals surface area (Å²) in [6, 6.07) is 16.7. The summed E-state index contributed by atoms with van der Waals surface area (Å²) in [6.45, 7) is 4.33. The molecule has 3 unspecified atom stereocenters. The molecule has 1 saturated heterocycles. The molecule has 0 spiro atoms. The van der Waals surface area contributed by atoms with Gasteiger partial charge in [-0.1, -0.05) is 36.4 Å². The van der Waals surface area contributed by atoms with Crippen LogP contribution in [0.25, 0.3) is 6.08 Å². The number of rotatable bonds is 7. The SMILES string of the molecule is CCN(CCNC(=O)C1CCC2S/C(=C\c3ccccc3F)C(=O)N(C)C2C1)c1ccccc1. The lowest BCUT2D eigenvalue weighted by atomic mass is 9.83. The van der Waals surface area contributed by atoms with Gasteiger partial charge in [-0.25, -0.2) is 4.39 Å². The molecule has 2 fully saturated rings. The Morgan fingerprint density at radius 1 is 1.18 bits per heavy atom. The van der Waals surface area contributed by atoms with Gasteiger partial charge < -0.3 is 15.1 Å². The molecule has 3 atom stereocenters. The number of benzene rings is 2. The molecule has 0 bridgehead atoms. The van der Waals surface area contributed by atoms with Crippen molar-refractivity contribution in [1.82, 2.24) is 10.2 Å². The summed E-state index contributed by atoms with van der Waals surface area (Å²) in [5.41, 5.74) is 1.58. The van der Waals surface area contributed by atoms with Crippen molar-refractivity contribution in [3.8, 4) is 0 Å². The molecule has 2 aromatic rings. The van der Waals surface area contributed by atoms with E-state index in [1.807, 2.05) is 18.2 Å². The first-order valence-electron chi connectivity index (χ1n) is 12.0. The van der Waals surface area contributed by atoms with E-state index in [0.717, 1.165) is 31.6 Å². The molecule has 180 valence electrons. The van der Waals surface area contributed by atoms with Gasteiger partial charge in [0, 0.05) is 55.1 Å². The number of para-hydroxylation sites is 1. The minimum absolute atomic E-state index is 0.0104. The summed E-state index contributed by atoms with van der Waals surface area (Å²) in [5, 5.41) is 3.33. The Balaban J connectivity index is 1.33. The predicted octanol–water partition coefficient (Wildman–Crippen LogP) is 4.55. The smallest absolute Gasteiger partial charge is 0.260 e. The summed E-state index contributed by atoms with van der Waals surface area (Å²) < 4.78 is 14.1. The predicted molar refractivity (Wildman–Crippen MR) is 137 cm³/mol. The zero-order valence-electron chi connectivity index (χ0n) is 19.7. The van der Waals surface area contributed by atoms with Gasteiger partial charge in [0.15, 0.2) is 0 Å². The van der Waals surface area contributed by atoms with Crippen molar-refractivity contribution in [2.45, 2.75) is 37.5 Å². The van der Waals surface area contributed by atoms with Crippen LogP contribution in [-0.4, -0.2) is 54.7 Å². The standard InChI is InChI=1S/C27H32FN3O2S/c1-3-31(21-10-5-4-6-11-21)16-15-29-26(32)20-13-14-24-23(17-20)30(2)27(33)25(34-24)18-19-9-7-8-12-22(19)28/h4-12,18,20,23-24H,3,13-17H2,1-2H3,(H,29,32)/b25-18-. The molecule has 7 heteroatoms. The molecule has 1 aliphatic heterocycles. The van der Waals surface area contributed by atoms with E-state index >= 15 is 0 Å². The summed E-state index contributed by atoms with van der Waals surface area (Å²) in [6.07, 6.45) is 3.96. The Bertz CT molecular complexity index is 1050. The van der Waals surface area contributed by atoms with Crippen molar-refractivity contribution in [1.29, 1.82) is 0 Å².